The highest BCUT2D eigenvalue weighted by Gasteiger charge is 2.18. The van der Waals surface area contributed by atoms with E-state index >= 15 is 0 Å². The second-order valence-electron chi connectivity index (χ2n) is 5.57. The van der Waals surface area contributed by atoms with Crippen LogP contribution >= 0.6 is 0 Å². The Kier molecular flexibility index (Phi) is 6.48. The van der Waals surface area contributed by atoms with Crippen molar-refractivity contribution < 1.29 is 22.9 Å². The first-order valence-corrected chi connectivity index (χ1v) is 9.58. The third-order valence-corrected chi connectivity index (χ3v) is 4.60. The van der Waals surface area contributed by atoms with Crippen molar-refractivity contribution in [3.05, 3.63) is 63.7 Å². The first-order chi connectivity index (χ1) is 12.7. The fraction of sp³-hybridized carbons (Fsp3) is 0.235. The molecule has 10 heteroatoms. The minimum absolute atomic E-state index is 0.0111. The average Bonchev–Trinajstić information content (AvgIpc) is 2.61. The highest BCUT2D eigenvalue weighted by Crippen LogP contribution is 2.27. The molecule has 1 amide bonds. The Morgan fingerprint density at radius 2 is 1.89 bits per heavy atom. The number of benzene rings is 2. The number of nitrogens with one attached hydrogen (secondary N) is 1. The molecule has 27 heavy (non-hydrogen) atoms. The second-order valence-corrected chi connectivity index (χ2v) is 7.13. The van der Waals surface area contributed by atoms with Crippen molar-refractivity contribution in [1.82, 2.24) is 5.32 Å². The number of ether oxygens (including phenoxy) is 1. The molecule has 0 aliphatic heterocycles. The van der Waals surface area contributed by atoms with E-state index in [1.807, 2.05) is 0 Å². The monoisotopic (exact) mass is 393 g/mol. The fourth-order valence-electron chi connectivity index (χ4n) is 2.35. The lowest BCUT2D eigenvalue weighted by Gasteiger charge is -2.08. The molecule has 0 heterocycles. The van der Waals surface area contributed by atoms with Crippen molar-refractivity contribution in [2.75, 3.05) is 13.2 Å². The van der Waals surface area contributed by atoms with E-state index in [4.69, 9.17) is 9.88 Å². The summed E-state index contributed by atoms with van der Waals surface area (Å²) < 4.78 is 27.6. The van der Waals surface area contributed by atoms with Gasteiger partial charge in [0, 0.05) is 18.2 Å². The number of hydrogen-bond acceptors (Lipinski definition) is 6. The molecule has 3 N–H and O–H groups in total. The van der Waals surface area contributed by atoms with Crippen LogP contribution in [0.25, 0.3) is 0 Å². The molecule has 0 fully saturated rings. The van der Waals surface area contributed by atoms with Gasteiger partial charge in [0.1, 0.15) is 0 Å². The maximum Gasteiger partial charge on any atom is 0.311 e. The van der Waals surface area contributed by atoms with Crippen LogP contribution in [0.3, 0.4) is 0 Å². The molecular formula is C17H19N3O6S. The summed E-state index contributed by atoms with van der Waals surface area (Å²) in [4.78, 5) is 22.7. The van der Waals surface area contributed by atoms with Crippen molar-refractivity contribution >= 4 is 21.6 Å². The summed E-state index contributed by atoms with van der Waals surface area (Å²) in [6.45, 7) is 2.25. The summed E-state index contributed by atoms with van der Waals surface area (Å²) in [7, 11) is -3.74. The van der Waals surface area contributed by atoms with Crippen molar-refractivity contribution in [2.24, 2.45) is 5.14 Å². The van der Waals surface area contributed by atoms with Crippen molar-refractivity contribution in [2.45, 2.75) is 18.2 Å². The largest absolute Gasteiger partial charge is 0.487 e. The maximum absolute atomic E-state index is 12.2. The third kappa shape index (κ3) is 5.50. The molecule has 0 spiro atoms. The highest BCUT2D eigenvalue weighted by atomic mass is 32.2. The average molecular weight is 393 g/mol. The third-order valence-electron chi connectivity index (χ3n) is 3.67. The van der Waals surface area contributed by atoms with Gasteiger partial charge in [0.2, 0.25) is 10.0 Å². The van der Waals surface area contributed by atoms with Gasteiger partial charge >= 0.3 is 5.69 Å². The van der Waals surface area contributed by atoms with Crippen LogP contribution < -0.4 is 15.2 Å². The topological polar surface area (TPSA) is 142 Å². The minimum Gasteiger partial charge on any atom is -0.487 e. The summed E-state index contributed by atoms with van der Waals surface area (Å²) in [5.41, 5.74) is 0.679. The van der Waals surface area contributed by atoms with Crippen LogP contribution in [0.4, 0.5) is 5.69 Å². The second kappa shape index (κ2) is 8.60. The predicted molar refractivity (Wildman–Crippen MR) is 98.1 cm³/mol. The molecule has 0 aliphatic rings. The van der Waals surface area contributed by atoms with E-state index in [9.17, 15) is 23.3 Å². The number of primary sulfonamides is 1. The van der Waals surface area contributed by atoms with Crippen molar-refractivity contribution in [3.8, 4) is 5.75 Å². The van der Waals surface area contributed by atoms with Crippen LogP contribution in [-0.4, -0.2) is 32.4 Å². The van der Waals surface area contributed by atoms with E-state index < -0.39 is 20.9 Å². The molecule has 0 bridgehead atoms. The van der Waals surface area contributed by atoms with Gasteiger partial charge in [0.15, 0.2) is 5.75 Å². The number of carbonyl (C=O) groups excluding carboxylic acids is 1. The number of nitrogens with zero attached hydrogens (tertiary/aromatic N) is 1. The number of nitrogens with two attached hydrogens (primary N) is 1. The Labute approximate surface area is 156 Å². The van der Waals surface area contributed by atoms with Gasteiger partial charge in [0.25, 0.3) is 5.91 Å². The molecule has 0 radical (unpaired) electrons. The van der Waals surface area contributed by atoms with Gasteiger partial charge in [-0.25, -0.2) is 13.6 Å². The van der Waals surface area contributed by atoms with E-state index in [1.54, 1.807) is 19.1 Å². The SMILES string of the molecule is CCOc1ccc(C(=O)NCCc2ccc(S(N)(=O)=O)cc2)cc1[N+](=O)[O-]. The zero-order valence-corrected chi connectivity index (χ0v) is 15.4. The number of hydrogen-bond donors (Lipinski definition) is 2. The van der Waals surface area contributed by atoms with Crippen LogP contribution in [0, 0.1) is 10.1 Å². The Hall–Kier alpha value is -2.98. The van der Waals surface area contributed by atoms with Gasteiger partial charge in [-0.15, -0.1) is 0 Å². The lowest BCUT2D eigenvalue weighted by atomic mass is 10.1. The molecule has 0 saturated heterocycles. The first kappa shape index (κ1) is 20.3. The Balaban J connectivity index is 1.99. The minimum atomic E-state index is -3.74. The van der Waals surface area contributed by atoms with E-state index in [0.717, 1.165) is 5.56 Å². The molecule has 0 unspecified atom stereocenters. The van der Waals surface area contributed by atoms with Crippen LogP contribution in [0.1, 0.15) is 22.8 Å². The molecular weight excluding hydrogens is 374 g/mol. The summed E-state index contributed by atoms with van der Waals surface area (Å²) >= 11 is 0. The van der Waals surface area contributed by atoms with Crippen molar-refractivity contribution in [1.29, 1.82) is 0 Å². The number of amides is 1. The van der Waals surface area contributed by atoms with Crippen molar-refractivity contribution in [3.63, 3.8) is 0 Å². The Morgan fingerprint density at radius 1 is 1.22 bits per heavy atom. The van der Waals surface area contributed by atoms with E-state index in [2.05, 4.69) is 5.32 Å². The van der Waals surface area contributed by atoms with Crippen LogP contribution in [-0.2, 0) is 16.4 Å². The summed E-state index contributed by atoms with van der Waals surface area (Å²) in [5.74, 6) is -0.351. The summed E-state index contributed by atoms with van der Waals surface area (Å²) in [5, 5.41) is 18.8. The van der Waals surface area contributed by atoms with Gasteiger partial charge < -0.3 is 10.1 Å². The van der Waals surface area contributed by atoms with Crippen LogP contribution in [0.5, 0.6) is 5.75 Å². The molecule has 0 aliphatic carbocycles. The molecule has 144 valence electrons. The van der Waals surface area contributed by atoms with Gasteiger partial charge in [-0.1, -0.05) is 12.1 Å². The molecule has 0 saturated carbocycles. The Bertz CT molecular complexity index is 942. The van der Waals surface area contributed by atoms with Crippen LogP contribution in [0.15, 0.2) is 47.4 Å². The smallest absolute Gasteiger partial charge is 0.311 e. The predicted octanol–water partition coefficient (Wildman–Crippen LogP) is 1.61. The zero-order chi connectivity index (χ0) is 20.0. The number of carbonyl (C=O) groups is 1. The van der Waals surface area contributed by atoms with Gasteiger partial charge in [-0.3, -0.25) is 14.9 Å². The maximum atomic E-state index is 12.2. The molecule has 2 aromatic rings. The van der Waals surface area contributed by atoms with E-state index in [-0.39, 0.29) is 35.0 Å². The first-order valence-electron chi connectivity index (χ1n) is 8.03. The van der Waals surface area contributed by atoms with Gasteiger partial charge in [-0.05, 0) is 43.2 Å². The molecule has 0 aromatic heterocycles. The zero-order valence-electron chi connectivity index (χ0n) is 14.5. The number of sulfonamides is 1. The standard InChI is InChI=1S/C17H19N3O6S/c1-2-26-16-8-5-13(11-15(16)20(22)23)17(21)19-10-9-12-3-6-14(7-4-12)27(18,24)25/h3-8,11H,2,9-10H2,1H3,(H,19,21)(H2,18,24,25). The fourth-order valence-corrected chi connectivity index (χ4v) is 2.86. The lowest BCUT2D eigenvalue weighted by molar-refractivity contribution is -0.385. The number of rotatable bonds is 8. The van der Waals surface area contributed by atoms with Crippen LogP contribution in [0.2, 0.25) is 0 Å². The lowest BCUT2D eigenvalue weighted by Crippen LogP contribution is -2.25. The summed E-state index contributed by atoms with van der Waals surface area (Å²) in [6, 6.07) is 10.0. The molecule has 2 aromatic carbocycles. The molecule has 9 nitrogen and oxygen atoms in total. The van der Waals surface area contributed by atoms with E-state index in [0.29, 0.717) is 6.42 Å². The van der Waals surface area contributed by atoms with E-state index in [1.165, 1.54) is 30.3 Å². The van der Waals surface area contributed by atoms with Gasteiger partial charge in [-0.2, -0.15) is 0 Å². The number of nitro groups is 1. The number of nitro benzene ring substituents is 1. The Morgan fingerprint density at radius 3 is 2.44 bits per heavy atom. The highest BCUT2D eigenvalue weighted by molar-refractivity contribution is 7.89. The molecule has 2 rings (SSSR count). The van der Waals surface area contributed by atoms with Gasteiger partial charge in [0.05, 0.1) is 16.4 Å². The molecule has 0 atom stereocenters. The normalized spacial score (nSPS) is 11.0. The summed E-state index contributed by atoms with van der Waals surface area (Å²) in [6.07, 6.45) is 0.454. The quantitative estimate of drug-likeness (QED) is 0.515.